The van der Waals surface area contributed by atoms with Crippen molar-refractivity contribution in [1.29, 1.82) is 0 Å². The van der Waals surface area contributed by atoms with E-state index in [2.05, 4.69) is 26.0 Å². The molecule has 0 fully saturated rings. The highest BCUT2D eigenvalue weighted by atomic mass is 79.9. The quantitative estimate of drug-likeness (QED) is 0.872. The van der Waals surface area contributed by atoms with Crippen LogP contribution in [0, 0.1) is 0 Å². The van der Waals surface area contributed by atoms with Gasteiger partial charge in [0.1, 0.15) is 0 Å². The lowest BCUT2D eigenvalue weighted by Crippen LogP contribution is -1.99. The number of nitrogens with zero attached hydrogens (tertiary/aromatic N) is 3. The molecule has 6 heteroatoms. The van der Waals surface area contributed by atoms with Crippen LogP contribution in [0.5, 0.6) is 0 Å². The van der Waals surface area contributed by atoms with Gasteiger partial charge in [-0.3, -0.25) is 0 Å². The van der Waals surface area contributed by atoms with Crippen molar-refractivity contribution in [3.05, 3.63) is 34.6 Å². The highest BCUT2D eigenvalue weighted by Gasteiger charge is 2.13. The predicted octanol–water partition coefficient (Wildman–Crippen LogP) is 3.05. The lowest BCUT2D eigenvalue weighted by atomic mass is 10.2. The maximum Gasteiger partial charge on any atom is 0.245 e. The average molecular weight is 302 g/mol. The van der Waals surface area contributed by atoms with Crippen LogP contribution in [-0.4, -0.2) is 21.2 Å². The number of aryl methyl sites for hydroxylation is 1. The first-order valence-electron chi connectivity index (χ1n) is 5.00. The van der Waals surface area contributed by atoms with E-state index in [1.165, 1.54) is 4.68 Å². The Kier molecular flexibility index (Phi) is 3.51. The van der Waals surface area contributed by atoms with Gasteiger partial charge in [0.25, 0.3) is 0 Å². The first kappa shape index (κ1) is 12.2. The summed E-state index contributed by atoms with van der Waals surface area (Å²) in [6, 6.07) is 7.47. The molecule has 0 aliphatic heterocycles. The molecule has 2 rings (SSSR count). The van der Waals surface area contributed by atoms with Gasteiger partial charge < -0.3 is 0 Å². The van der Waals surface area contributed by atoms with Crippen molar-refractivity contribution in [2.24, 2.45) is 7.05 Å². The third-order valence-electron chi connectivity index (χ3n) is 2.25. The van der Waals surface area contributed by atoms with Crippen LogP contribution in [0.2, 0.25) is 0 Å². The van der Waals surface area contributed by atoms with E-state index in [-0.39, 0.29) is 5.82 Å². The van der Waals surface area contributed by atoms with E-state index in [4.69, 9.17) is 0 Å². The minimum Gasteiger partial charge on any atom is -0.249 e. The largest absolute Gasteiger partial charge is 0.249 e. The summed E-state index contributed by atoms with van der Waals surface area (Å²) in [6.45, 7) is 0. The Hall–Kier alpha value is -1.30. The molecule has 0 unspecified atom stereocenters. The van der Waals surface area contributed by atoms with Crippen molar-refractivity contribution >= 4 is 15.9 Å². The second-order valence-electron chi connectivity index (χ2n) is 3.58. The van der Waals surface area contributed by atoms with Crippen LogP contribution in [0.15, 0.2) is 28.7 Å². The van der Waals surface area contributed by atoms with Crippen LogP contribution in [0.4, 0.5) is 8.78 Å². The maximum absolute atomic E-state index is 12.2. The van der Waals surface area contributed by atoms with Gasteiger partial charge in [-0.25, -0.2) is 18.4 Å². The van der Waals surface area contributed by atoms with Crippen molar-refractivity contribution < 1.29 is 8.78 Å². The molecule has 0 amide bonds. The van der Waals surface area contributed by atoms with Gasteiger partial charge in [0.2, 0.25) is 6.43 Å². The fourth-order valence-electron chi connectivity index (χ4n) is 1.51. The van der Waals surface area contributed by atoms with E-state index < -0.39 is 12.8 Å². The van der Waals surface area contributed by atoms with E-state index in [1.807, 2.05) is 24.3 Å². The fraction of sp³-hybridized carbons (Fsp3) is 0.273. The number of halogens is 3. The third kappa shape index (κ3) is 2.88. The smallest absolute Gasteiger partial charge is 0.245 e. The molecule has 0 radical (unpaired) electrons. The van der Waals surface area contributed by atoms with Gasteiger partial charge in [0.05, 0.1) is 6.42 Å². The molecule has 0 aliphatic carbocycles. The molecule has 0 saturated heterocycles. The van der Waals surface area contributed by atoms with Crippen molar-refractivity contribution in [3.8, 4) is 11.4 Å². The summed E-state index contributed by atoms with van der Waals surface area (Å²) < 4.78 is 26.9. The molecule has 0 saturated carbocycles. The number of aromatic nitrogens is 3. The summed E-state index contributed by atoms with van der Waals surface area (Å²) in [4.78, 5) is 4.11. The minimum atomic E-state index is -2.42. The number of alkyl halides is 2. The SMILES string of the molecule is Cn1nc(CC(F)F)nc1-c1ccc(Br)cc1. The fourth-order valence-corrected chi connectivity index (χ4v) is 1.78. The van der Waals surface area contributed by atoms with Crippen LogP contribution in [0.3, 0.4) is 0 Å². The van der Waals surface area contributed by atoms with Crippen LogP contribution >= 0.6 is 15.9 Å². The monoisotopic (exact) mass is 301 g/mol. The Morgan fingerprint density at radius 1 is 1.29 bits per heavy atom. The molecule has 0 spiro atoms. The summed E-state index contributed by atoms with van der Waals surface area (Å²) in [5.74, 6) is 0.758. The van der Waals surface area contributed by atoms with Crippen molar-refractivity contribution in [1.82, 2.24) is 14.8 Å². The number of hydrogen-bond acceptors (Lipinski definition) is 2. The van der Waals surface area contributed by atoms with Crippen molar-refractivity contribution in [2.45, 2.75) is 12.8 Å². The second-order valence-corrected chi connectivity index (χ2v) is 4.49. The molecule has 1 heterocycles. The molecule has 0 N–H and O–H groups in total. The summed E-state index contributed by atoms with van der Waals surface area (Å²) in [6.07, 6.45) is -2.83. The zero-order valence-electron chi connectivity index (χ0n) is 9.07. The molecule has 0 atom stereocenters. The summed E-state index contributed by atoms with van der Waals surface area (Å²) in [7, 11) is 1.69. The number of rotatable bonds is 3. The van der Waals surface area contributed by atoms with Gasteiger partial charge in [-0.2, -0.15) is 5.10 Å². The highest BCUT2D eigenvalue weighted by Crippen LogP contribution is 2.20. The maximum atomic E-state index is 12.2. The molecule has 1 aromatic carbocycles. The number of benzene rings is 1. The third-order valence-corrected chi connectivity index (χ3v) is 2.77. The van der Waals surface area contributed by atoms with Gasteiger partial charge in [0.15, 0.2) is 11.6 Å². The lowest BCUT2D eigenvalue weighted by Gasteiger charge is -1.99. The van der Waals surface area contributed by atoms with E-state index in [0.717, 1.165) is 10.0 Å². The van der Waals surface area contributed by atoms with Crippen LogP contribution in [0.1, 0.15) is 5.82 Å². The predicted molar refractivity (Wildman–Crippen MR) is 63.8 cm³/mol. The second kappa shape index (κ2) is 4.91. The summed E-state index contributed by atoms with van der Waals surface area (Å²) in [5, 5.41) is 3.96. The van der Waals surface area contributed by atoms with E-state index in [1.54, 1.807) is 7.05 Å². The van der Waals surface area contributed by atoms with E-state index in [9.17, 15) is 8.78 Å². The van der Waals surface area contributed by atoms with Gasteiger partial charge in [-0.15, -0.1) is 0 Å². The molecule has 17 heavy (non-hydrogen) atoms. The first-order chi connectivity index (χ1) is 8.06. The zero-order valence-corrected chi connectivity index (χ0v) is 10.7. The molecule has 2 aromatic rings. The zero-order chi connectivity index (χ0) is 12.4. The Morgan fingerprint density at radius 2 is 1.94 bits per heavy atom. The van der Waals surface area contributed by atoms with E-state index >= 15 is 0 Å². The van der Waals surface area contributed by atoms with Crippen LogP contribution in [0.25, 0.3) is 11.4 Å². The van der Waals surface area contributed by atoms with E-state index in [0.29, 0.717) is 5.82 Å². The Labute approximate surface area is 106 Å². The van der Waals surface area contributed by atoms with Gasteiger partial charge in [0, 0.05) is 17.1 Å². The summed E-state index contributed by atoms with van der Waals surface area (Å²) in [5.41, 5.74) is 0.851. The van der Waals surface area contributed by atoms with Gasteiger partial charge in [-0.1, -0.05) is 28.1 Å². The minimum absolute atomic E-state index is 0.167. The topological polar surface area (TPSA) is 30.7 Å². The lowest BCUT2D eigenvalue weighted by molar-refractivity contribution is 0.146. The van der Waals surface area contributed by atoms with Gasteiger partial charge >= 0.3 is 0 Å². The van der Waals surface area contributed by atoms with Crippen LogP contribution in [-0.2, 0) is 13.5 Å². The standard InChI is InChI=1S/C11H10BrF2N3/c1-17-11(7-2-4-8(12)5-3-7)15-10(16-17)6-9(13)14/h2-5,9H,6H2,1H3. The molecule has 0 aliphatic rings. The molecule has 0 bridgehead atoms. The Balaban J connectivity index is 2.32. The molecular formula is C11H10BrF2N3. The van der Waals surface area contributed by atoms with Crippen molar-refractivity contribution in [2.75, 3.05) is 0 Å². The highest BCUT2D eigenvalue weighted by molar-refractivity contribution is 9.10. The Morgan fingerprint density at radius 3 is 2.53 bits per heavy atom. The summed E-state index contributed by atoms with van der Waals surface area (Å²) >= 11 is 3.33. The molecule has 1 aromatic heterocycles. The van der Waals surface area contributed by atoms with Crippen molar-refractivity contribution in [3.63, 3.8) is 0 Å². The molecule has 90 valence electrons. The Bertz CT molecular complexity index is 508. The number of hydrogen-bond donors (Lipinski definition) is 0. The normalized spacial score (nSPS) is 11.1. The van der Waals surface area contributed by atoms with Gasteiger partial charge in [-0.05, 0) is 12.1 Å². The molecule has 3 nitrogen and oxygen atoms in total. The molecular weight excluding hydrogens is 292 g/mol. The first-order valence-corrected chi connectivity index (χ1v) is 5.79. The average Bonchev–Trinajstić information content (AvgIpc) is 2.59. The van der Waals surface area contributed by atoms with Crippen LogP contribution < -0.4 is 0 Å².